The monoisotopic (exact) mass is 358 g/mol. The Morgan fingerprint density at radius 1 is 1.13 bits per heavy atom. The molecule has 0 aliphatic carbocycles. The lowest BCUT2D eigenvalue weighted by molar-refractivity contribution is -0.137. The lowest BCUT2D eigenvalue weighted by Crippen LogP contribution is -2.11. The molecule has 0 aliphatic heterocycles. The molecule has 0 bridgehead atoms. The van der Waals surface area contributed by atoms with Crippen molar-refractivity contribution in [1.29, 1.82) is 0 Å². The fourth-order valence-corrected chi connectivity index (χ4v) is 2.53. The van der Waals surface area contributed by atoms with Crippen molar-refractivity contribution in [2.45, 2.75) is 24.2 Å². The highest BCUT2D eigenvalue weighted by Gasteiger charge is 2.32. The minimum Gasteiger partial charge on any atom is -0.237 e. The third-order valence-electron chi connectivity index (χ3n) is 2.79. The van der Waals surface area contributed by atoms with E-state index in [0.29, 0.717) is 28.8 Å². The van der Waals surface area contributed by atoms with Crippen molar-refractivity contribution in [3.63, 3.8) is 0 Å². The first-order chi connectivity index (χ1) is 10.5. The van der Waals surface area contributed by atoms with Crippen LogP contribution in [-0.4, -0.2) is 21.7 Å². The quantitative estimate of drug-likeness (QED) is 0.568. The molecule has 0 saturated carbocycles. The van der Waals surface area contributed by atoms with Crippen LogP contribution < -0.4 is 0 Å². The summed E-state index contributed by atoms with van der Waals surface area (Å²) in [6.07, 6.45) is -7.97. The molecular weight excluding hydrogens is 349 g/mol. The van der Waals surface area contributed by atoms with Crippen LogP contribution in [0.25, 0.3) is 5.69 Å². The van der Waals surface area contributed by atoms with E-state index in [2.05, 4.69) is 5.10 Å². The molecule has 0 fully saturated rings. The van der Waals surface area contributed by atoms with Crippen LogP contribution in [0.4, 0.5) is 30.7 Å². The zero-order valence-corrected chi connectivity index (χ0v) is 12.3. The first-order valence-corrected chi connectivity index (χ1v) is 7.08. The van der Waals surface area contributed by atoms with E-state index in [1.54, 1.807) is 0 Å². The Morgan fingerprint density at radius 2 is 1.78 bits per heavy atom. The van der Waals surface area contributed by atoms with Gasteiger partial charge in [0.2, 0.25) is 0 Å². The topological polar surface area (TPSA) is 17.8 Å². The standard InChI is InChI=1S/C13H9F7N2S/c1-7-2-9(14)10(3-11(7)23-6-12(15,16)17)22-5-8(4-21-22)13(18,19)20/h2-5H,6H2,1H3. The number of hydrogen-bond acceptors (Lipinski definition) is 2. The number of alkyl halides is 6. The lowest BCUT2D eigenvalue weighted by atomic mass is 10.2. The number of nitrogens with zero attached hydrogens (tertiary/aromatic N) is 2. The number of halogens is 7. The maximum Gasteiger partial charge on any atom is 0.419 e. The van der Waals surface area contributed by atoms with Crippen molar-refractivity contribution in [3.05, 3.63) is 41.5 Å². The first-order valence-electron chi connectivity index (χ1n) is 6.09. The summed E-state index contributed by atoms with van der Waals surface area (Å²) in [5.74, 6) is -2.07. The van der Waals surface area contributed by atoms with E-state index in [-0.39, 0.29) is 16.1 Å². The van der Waals surface area contributed by atoms with Crippen LogP contribution in [0, 0.1) is 12.7 Å². The largest absolute Gasteiger partial charge is 0.419 e. The summed E-state index contributed by atoms with van der Waals surface area (Å²) in [4.78, 5) is 0.114. The molecule has 126 valence electrons. The van der Waals surface area contributed by atoms with Crippen LogP contribution in [0.1, 0.15) is 11.1 Å². The normalized spacial score (nSPS) is 12.7. The maximum absolute atomic E-state index is 13.9. The van der Waals surface area contributed by atoms with Gasteiger partial charge in [-0.2, -0.15) is 31.4 Å². The minimum absolute atomic E-state index is 0.114. The molecule has 1 aromatic heterocycles. The predicted octanol–water partition coefficient (Wildman–Crippen LogP) is 4.99. The van der Waals surface area contributed by atoms with E-state index < -0.39 is 29.5 Å². The smallest absolute Gasteiger partial charge is 0.237 e. The van der Waals surface area contributed by atoms with Crippen LogP contribution in [0.3, 0.4) is 0 Å². The van der Waals surface area contributed by atoms with E-state index in [1.165, 1.54) is 6.92 Å². The van der Waals surface area contributed by atoms with Gasteiger partial charge in [-0.25, -0.2) is 9.07 Å². The van der Waals surface area contributed by atoms with Gasteiger partial charge in [0.1, 0.15) is 11.5 Å². The van der Waals surface area contributed by atoms with Crippen LogP contribution in [0.15, 0.2) is 29.4 Å². The Bertz CT molecular complexity index is 703. The molecule has 23 heavy (non-hydrogen) atoms. The molecule has 0 amide bonds. The summed E-state index contributed by atoms with van der Waals surface area (Å²) in [7, 11) is 0. The molecule has 2 rings (SSSR count). The zero-order chi connectivity index (χ0) is 17.4. The number of rotatable bonds is 3. The van der Waals surface area contributed by atoms with Gasteiger partial charge < -0.3 is 0 Å². The molecule has 1 heterocycles. The summed E-state index contributed by atoms with van der Waals surface area (Å²) >= 11 is 0.429. The molecule has 2 nitrogen and oxygen atoms in total. The van der Waals surface area contributed by atoms with E-state index in [1.807, 2.05) is 0 Å². The Balaban J connectivity index is 2.37. The van der Waals surface area contributed by atoms with Gasteiger partial charge in [-0.3, -0.25) is 0 Å². The van der Waals surface area contributed by atoms with Gasteiger partial charge in [0.05, 0.1) is 17.5 Å². The van der Waals surface area contributed by atoms with Crippen LogP contribution in [0.5, 0.6) is 0 Å². The van der Waals surface area contributed by atoms with Crippen molar-refractivity contribution in [2.24, 2.45) is 0 Å². The summed E-state index contributed by atoms with van der Waals surface area (Å²) in [5, 5.41) is 3.42. The van der Waals surface area contributed by atoms with Crippen LogP contribution >= 0.6 is 11.8 Å². The molecule has 2 aromatic rings. The highest BCUT2D eigenvalue weighted by Crippen LogP contribution is 2.33. The highest BCUT2D eigenvalue weighted by atomic mass is 32.2. The second-order valence-corrected chi connectivity index (χ2v) is 5.66. The first kappa shape index (κ1) is 17.6. The predicted molar refractivity (Wildman–Crippen MR) is 70.0 cm³/mol. The van der Waals surface area contributed by atoms with Crippen LogP contribution in [0.2, 0.25) is 0 Å². The average Bonchev–Trinajstić information content (AvgIpc) is 2.85. The Morgan fingerprint density at radius 3 is 2.30 bits per heavy atom. The second kappa shape index (κ2) is 6.06. The Kier molecular flexibility index (Phi) is 4.65. The number of hydrogen-bond donors (Lipinski definition) is 0. The number of thioether (sulfide) groups is 1. The Labute approximate surface area is 130 Å². The molecule has 0 radical (unpaired) electrons. The van der Waals surface area contributed by atoms with Gasteiger partial charge in [0, 0.05) is 11.1 Å². The zero-order valence-electron chi connectivity index (χ0n) is 11.5. The van der Waals surface area contributed by atoms with Crippen molar-refractivity contribution in [2.75, 3.05) is 5.75 Å². The lowest BCUT2D eigenvalue weighted by Gasteiger charge is -2.11. The molecule has 0 N–H and O–H groups in total. The van der Waals surface area contributed by atoms with E-state index in [4.69, 9.17) is 0 Å². The van der Waals surface area contributed by atoms with Gasteiger partial charge in [-0.15, -0.1) is 11.8 Å². The molecule has 0 spiro atoms. The van der Waals surface area contributed by atoms with Gasteiger partial charge in [0.15, 0.2) is 0 Å². The molecule has 0 aliphatic rings. The fourth-order valence-electron chi connectivity index (χ4n) is 1.73. The van der Waals surface area contributed by atoms with Crippen molar-refractivity contribution in [3.8, 4) is 5.69 Å². The van der Waals surface area contributed by atoms with Crippen molar-refractivity contribution < 1.29 is 30.7 Å². The second-order valence-electron chi connectivity index (χ2n) is 4.64. The van der Waals surface area contributed by atoms with Gasteiger partial charge in [-0.1, -0.05) is 0 Å². The summed E-state index contributed by atoms with van der Waals surface area (Å²) < 4.78 is 89.0. The Hall–Kier alpha value is -1.71. The fraction of sp³-hybridized carbons (Fsp3) is 0.308. The molecule has 0 atom stereocenters. The maximum atomic E-state index is 13.9. The number of benzene rings is 1. The van der Waals surface area contributed by atoms with Gasteiger partial charge >= 0.3 is 12.4 Å². The number of aromatic nitrogens is 2. The third-order valence-corrected chi connectivity index (χ3v) is 4.01. The molecule has 10 heteroatoms. The van der Waals surface area contributed by atoms with E-state index >= 15 is 0 Å². The summed E-state index contributed by atoms with van der Waals surface area (Å²) in [5.41, 5.74) is -1.18. The summed E-state index contributed by atoms with van der Waals surface area (Å²) in [6.45, 7) is 1.41. The average molecular weight is 358 g/mol. The van der Waals surface area contributed by atoms with Crippen LogP contribution in [-0.2, 0) is 6.18 Å². The number of aryl methyl sites for hydroxylation is 1. The third kappa shape index (κ3) is 4.40. The van der Waals surface area contributed by atoms with E-state index in [9.17, 15) is 30.7 Å². The highest BCUT2D eigenvalue weighted by molar-refractivity contribution is 7.99. The molecular formula is C13H9F7N2S. The van der Waals surface area contributed by atoms with Crippen molar-refractivity contribution >= 4 is 11.8 Å². The molecule has 1 aromatic carbocycles. The SMILES string of the molecule is Cc1cc(F)c(-n2cc(C(F)(F)F)cn2)cc1SCC(F)(F)F. The van der Waals surface area contributed by atoms with E-state index in [0.717, 1.165) is 12.1 Å². The van der Waals surface area contributed by atoms with Gasteiger partial charge in [-0.05, 0) is 24.6 Å². The molecule has 0 unspecified atom stereocenters. The minimum atomic E-state index is -4.65. The van der Waals surface area contributed by atoms with Crippen molar-refractivity contribution in [1.82, 2.24) is 9.78 Å². The summed E-state index contributed by atoms with van der Waals surface area (Å²) in [6, 6.07) is 2.01. The molecule has 0 saturated heterocycles. The van der Waals surface area contributed by atoms with Gasteiger partial charge in [0.25, 0.3) is 0 Å².